The van der Waals surface area contributed by atoms with Gasteiger partial charge in [-0.1, -0.05) is 0 Å². The molecule has 0 saturated carbocycles. The number of aromatic nitrogens is 3. The molecule has 7 nitrogen and oxygen atoms in total. The van der Waals surface area contributed by atoms with E-state index in [1.165, 1.54) is 16.8 Å². The molecule has 5 rings (SSSR count). The van der Waals surface area contributed by atoms with Crippen LogP contribution in [0.15, 0.2) is 36.7 Å². The zero-order valence-corrected chi connectivity index (χ0v) is 17.9. The molecule has 1 atom stereocenters. The maximum atomic E-state index is 14.6. The molecule has 2 amide bonds. The zero-order valence-electron chi connectivity index (χ0n) is 17.9. The second-order valence-corrected chi connectivity index (χ2v) is 8.72. The maximum Gasteiger partial charge on any atom is 0.322 e. The van der Waals surface area contributed by atoms with Gasteiger partial charge in [0.2, 0.25) is 0 Å². The molecule has 0 aliphatic carbocycles. The summed E-state index contributed by atoms with van der Waals surface area (Å²) in [6.45, 7) is 1.74. The number of benzene rings is 1. The maximum absolute atomic E-state index is 14.6. The molecule has 11 heteroatoms. The molecule has 4 heterocycles. The minimum atomic E-state index is -2.89. The van der Waals surface area contributed by atoms with Crippen molar-refractivity contribution < 1.29 is 22.4 Å². The fourth-order valence-corrected chi connectivity index (χ4v) is 4.72. The van der Waals surface area contributed by atoms with Crippen LogP contribution < -0.4 is 10.2 Å². The Hall–Kier alpha value is -3.37. The van der Waals surface area contributed by atoms with Crippen LogP contribution in [0.2, 0.25) is 0 Å². The molecule has 3 aromatic rings. The minimum Gasteiger partial charge on any atom is -0.347 e. The average Bonchev–Trinajstić information content (AvgIpc) is 3.46. The predicted molar refractivity (Wildman–Crippen MR) is 113 cm³/mol. The van der Waals surface area contributed by atoms with Gasteiger partial charge in [-0.05, 0) is 44.0 Å². The standard InChI is InChI=1S/C22H22F4N6O/c1-21(15-11-14(23)3-4-16(15)24)6-2-8-31(21)18-5-9-32-19(29-18)17(12-27-32)28-20(33)30-10-7-22(25,26)13-30/h3-5,9,11-12H,2,6-8,10,13H2,1H3,(H,28,33)/t21-/m1/s1. The van der Waals surface area contributed by atoms with Crippen molar-refractivity contribution in [3.8, 4) is 0 Å². The number of anilines is 2. The van der Waals surface area contributed by atoms with E-state index in [0.29, 0.717) is 24.4 Å². The van der Waals surface area contributed by atoms with Crippen LogP contribution in [0.3, 0.4) is 0 Å². The Morgan fingerprint density at radius 2 is 1.97 bits per heavy atom. The molecule has 2 aliphatic rings. The van der Waals surface area contributed by atoms with E-state index in [-0.39, 0.29) is 24.2 Å². The molecule has 174 valence electrons. The first-order chi connectivity index (χ1) is 15.7. The molecule has 33 heavy (non-hydrogen) atoms. The van der Waals surface area contributed by atoms with Crippen molar-refractivity contribution in [2.24, 2.45) is 0 Å². The minimum absolute atomic E-state index is 0.0396. The van der Waals surface area contributed by atoms with Gasteiger partial charge in [-0.2, -0.15) is 5.10 Å². The first-order valence-corrected chi connectivity index (χ1v) is 10.7. The van der Waals surface area contributed by atoms with E-state index in [0.717, 1.165) is 23.5 Å². The number of halogens is 4. The highest BCUT2D eigenvalue weighted by Crippen LogP contribution is 2.42. The highest BCUT2D eigenvalue weighted by Gasteiger charge is 2.42. The number of urea groups is 1. The summed E-state index contributed by atoms with van der Waals surface area (Å²) in [5.74, 6) is -3.39. The van der Waals surface area contributed by atoms with Crippen molar-refractivity contribution in [1.29, 1.82) is 0 Å². The Morgan fingerprint density at radius 3 is 2.73 bits per heavy atom. The van der Waals surface area contributed by atoms with Gasteiger partial charge in [0.15, 0.2) is 5.65 Å². The molecule has 2 aliphatic heterocycles. The smallest absolute Gasteiger partial charge is 0.322 e. The Balaban J connectivity index is 1.46. The Morgan fingerprint density at radius 1 is 1.15 bits per heavy atom. The van der Waals surface area contributed by atoms with Crippen molar-refractivity contribution in [3.63, 3.8) is 0 Å². The van der Waals surface area contributed by atoms with Crippen molar-refractivity contribution in [2.75, 3.05) is 29.9 Å². The summed E-state index contributed by atoms with van der Waals surface area (Å²) >= 11 is 0. The molecule has 0 spiro atoms. The normalized spacial score (nSPS) is 22.3. The summed E-state index contributed by atoms with van der Waals surface area (Å²) in [7, 11) is 0. The largest absolute Gasteiger partial charge is 0.347 e. The van der Waals surface area contributed by atoms with Crippen molar-refractivity contribution >= 4 is 23.2 Å². The van der Waals surface area contributed by atoms with Crippen molar-refractivity contribution in [3.05, 3.63) is 53.9 Å². The highest BCUT2D eigenvalue weighted by molar-refractivity contribution is 5.93. The molecule has 2 fully saturated rings. The van der Waals surface area contributed by atoms with Crippen LogP contribution in [0, 0.1) is 11.6 Å². The lowest BCUT2D eigenvalue weighted by Crippen LogP contribution is -2.40. The van der Waals surface area contributed by atoms with E-state index in [4.69, 9.17) is 0 Å². The number of nitrogens with zero attached hydrogens (tertiary/aromatic N) is 5. The number of hydrogen-bond acceptors (Lipinski definition) is 4. The monoisotopic (exact) mass is 462 g/mol. The van der Waals surface area contributed by atoms with Crippen LogP contribution in [-0.4, -0.2) is 51.1 Å². The number of carbonyl (C=O) groups is 1. The number of carbonyl (C=O) groups excluding carboxylic acids is 1. The first-order valence-electron chi connectivity index (χ1n) is 10.7. The van der Waals surface area contributed by atoms with E-state index in [9.17, 15) is 22.4 Å². The van der Waals surface area contributed by atoms with Gasteiger partial charge in [-0.3, -0.25) is 0 Å². The molecule has 1 N–H and O–H groups in total. The highest BCUT2D eigenvalue weighted by atomic mass is 19.3. The van der Waals surface area contributed by atoms with E-state index in [2.05, 4.69) is 15.4 Å². The summed E-state index contributed by atoms with van der Waals surface area (Å²) in [5, 5.41) is 6.77. The van der Waals surface area contributed by atoms with Crippen LogP contribution in [0.4, 0.5) is 33.9 Å². The second kappa shape index (κ2) is 7.60. The van der Waals surface area contributed by atoms with Gasteiger partial charge in [-0.15, -0.1) is 0 Å². The quantitative estimate of drug-likeness (QED) is 0.587. The number of alkyl halides is 2. The first kappa shape index (κ1) is 21.5. The summed E-state index contributed by atoms with van der Waals surface area (Å²) in [6, 6.07) is 4.48. The average molecular weight is 462 g/mol. The Kier molecular flexibility index (Phi) is 4.95. The van der Waals surface area contributed by atoms with Gasteiger partial charge in [0.25, 0.3) is 5.92 Å². The van der Waals surface area contributed by atoms with E-state index in [1.54, 1.807) is 12.3 Å². The topological polar surface area (TPSA) is 65.8 Å². The van der Waals surface area contributed by atoms with Crippen LogP contribution >= 0.6 is 0 Å². The van der Waals surface area contributed by atoms with E-state index in [1.807, 2.05) is 11.8 Å². The second-order valence-electron chi connectivity index (χ2n) is 8.72. The van der Waals surface area contributed by atoms with Crippen LogP contribution in [0.25, 0.3) is 5.65 Å². The van der Waals surface area contributed by atoms with Gasteiger partial charge in [0, 0.05) is 31.3 Å². The number of fused-ring (bicyclic) bond motifs is 1. The fourth-order valence-electron chi connectivity index (χ4n) is 4.72. The molecule has 0 bridgehead atoms. The summed E-state index contributed by atoms with van der Waals surface area (Å²) in [5.41, 5.74) is 0.0246. The molecule has 2 aromatic heterocycles. The third kappa shape index (κ3) is 3.75. The lowest BCUT2D eigenvalue weighted by Gasteiger charge is -2.37. The molecule has 0 radical (unpaired) electrons. The molecular weight excluding hydrogens is 440 g/mol. The molecule has 1 aromatic carbocycles. The van der Waals surface area contributed by atoms with Gasteiger partial charge >= 0.3 is 6.03 Å². The van der Waals surface area contributed by atoms with Gasteiger partial charge < -0.3 is 15.1 Å². The fraction of sp³-hybridized carbons (Fsp3) is 0.409. The van der Waals surface area contributed by atoms with E-state index < -0.39 is 35.7 Å². The third-order valence-corrected chi connectivity index (χ3v) is 6.48. The van der Waals surface area contributed by atoms with Crippen LogP contribution in [0.5, 0.6) is 0 Å². The van der Waals surface area contributed by atoms with Crippen molar-refractivity contribution in [2.45, 2.75) is 37.6 Å². The van der Waals surface area contributed by atoms with Gasteiger partial charge in [-0.25, -0.2) is 31.9 Å². The lowest BCUT2D eigenvalue weighted by molar-refractivity contribution is 0.0159. The van der Waals surface area contributed by atoms with Gasteiger partial charge in [0.05, 0.1) is 18.3 Å². The van der Waals surface area contributed by atoms with Crippen LogP contribution in [-0.2, 0) is 5.54 Å². The molecule has 0 unspecified atom stereocenters. The van der Waals surface area contributed by atoms with Crippen LogP contribution in [0.1, 0.15) is 31.7 Å². The summed E-state index contributed by atoms with van der Waals surface area (Å²) in [6.07, 6.45) is 4.03. The van der Waals surface area contributed by atoms with E-state index >= 15 is 0 Å². The number of rotatable bonds is 3. The zero-order chi connectivity index (χ0) is 23.4. The number of hydrogen-bond donors (Lipinski definition) is 1. The molecular formula is C22H22F4N6O. The molecule has 2 saturated heterocycles. The van der Waals surface area contributed by atoms with Gasteiger partial charge in [0.1, 0.15) is 23.1 Å². The Bertz CT molecular complexity index is 1230. The predicted octanol–water partition coefficient (Wildman–Crippen LogP) is 4.40. The SMILES string of the molecule is C[C@]1(c2cc(F)ccc2F)CCCN1c1ccn2ncc(NC(=O)N3CCC(F)(F)C3)c2n1. The number of likely N-dealkylation sites (tertiary alicyclic amines) is 1. The summed E-state index contributed by atoms with van der Waals surface area (Å²) < 4.78 is 56.9. The third-order valence-electron chi connectivity index (χ3n) is 6.48. The number of nitrogens with one attached hydrogen (secondary N) is 1. The van der Waals surface area contributed by atoms with Crippen molar-refractivity contribution in [1.82, 2.24) is 19.5 Å². The number of amides is 2. The Labute approximate surface area is 187 Å². The lowest BCUT2D eigenvalue weighted by atomic mass is 9.88. The summed E-state index contributed by atoms with van der Waals surface area (Å²) in [4.78, 5) is 20.1.